The molecular formula is C14H21ClN3O+. The second kappa shape index (κ2) is 4.76. The molecule has 0 saturated heterocycles. The molecule has 2 aliphatic rings. The van der Waals surface area contributed by atoms with Gasteiger partial charge in [-0.2, -0.15) is 4.59 Å². The molecule has 0 spiro atoms. The minimum absolute atomic E-state index is 0.0742. The Hall–Kier alpha value is -1.13. The molecular weight excluding hydrogens is 262 g/mol. The molecule has 2 unspecified atom stereocenters. The summed E-state index contributed by atoms with van der Waals surface area (Å²) in [5.74, 6) is -0.0742. The molecule has 19 heavy (non-hydrogen) atoms. The van der Waals surface area contributed by atoms with Gasteiger partial charge in [-0.3, -0.25) is 4.79 Å². The Bertz CT molecular complexity index is 477. The minimum Gasteiger partial charge on any atom is -0.333 e. The normalized spacial score (nSPS) is 34.3. The van der Waals surface area contributed by atoms with Crippen molar-refractivity contribution in [3.8, 4) is 0 Å². The van der Waals surface area contributed by atoms with Crippen LogP contribution in [0.25, 0.3) is 0 Å². The molecule has 0 fully saturated rings. The van der Waals surface area contributed by atoms with E-state index in [1.165, 1.54) is 0 Å². The number of rotatable bonds is 3. The number of carbonyl (C=O) groups is 1. The number of allylic oxidation sites excluding steroid dienone is 1. The van der Waals surface area contributed by atoms with Crippen molar-refractivity contribution in [2.75, 3.05) is 6.54 Å². The number of halogens is 1. The molecule has 0 aromatic rings. The van der Waals surface area contributed by atoms with E-state index in [0.717, 1.165) is 11.1 Å². The van der Waals surface area contributed by atoms with Gasteiger partial charge in [-0.25, -0.2) is 0 Å². The molecule has 104 valence electrons. The third-order valence-corrected chi connectivity index (χ3v) is 4.01. The standard InChI is InChI=1S/C14H20ClN3O/c1-10(2)18(7-5-6-16-18)9-12-11(3)8-14(4,15)17-13(12)19/h5-7,10H,8-9H2,1-4H3/p+1. The molecule has 2 heterocycles. The van der Waals surface area contributed by atoms with E-state index < -0.39 is 5.00 Å². The molecule has 4 nitrogen and oxygen atoms in total. The van der Waals surface area contributed by atoms with Crippen molar-refractivity contribution in [1.29, 1.82) is 0 Å². The SMILES string of the molecule is CC1=C(C[N+]2(C(C)C)C=CC=N2)C(=O)NC(C)(Cl)C1. The third kappa shape index (κ3) is 2.74. The van der Waals surface area contributed by atoms with Crippen LogP contribution in [-0.4, -0.2) is 34.3 Å². The number of nitrogens with zero attached hydrogens (tertiary/aromatic N) is 2. The number of carbonyl (C=O) groups excluding carboxylic acids is 1. The fourth-order valence-corrected chi connectivity index (χ4v) is 2.87. The second-order valence-electron chi connectivity index (χ2n) is 5.83. The van der Waals surface area contributed by atoms with Crippen LogP contribution in [-0.2, 0) is 4.79 Å². The average molecular weight is 283 g/mol. The maximum atomic E-state index is 12.2. The smallest absolute Gasteiger partial charge is 0.254 e. The lowest BCUT2D eigenvalue weighted by Gasteiger charge is -2.35. The van der Waals surface area contributed by atoms with Gasteiger partial charge in [-0.05, 0) is 27.7 Å². The summed E-state index contributed by atoms with van der Waals surface area (Å²) in [6.07, 6.45) is 6.43. The zero-order chi connectivity index (χ0) is 14.3. The molecule has 0 saturated carbocycles. The van der Waals surface area contributed by atoms with Crippen molar-refractivity contribution in [3.05, 3.63) is 23.4 Å². The number of hydrogen-bond donors (Lipinski definition) is 1. The highest BCUT2D eigenvalue weighted by Crippen LogP contribution is 2.31. The van der Waals surface area contributed by atoms with Crippen molar-refractivity contribution in [2.45, 2.75) is 45.2 Å². The van der Waals surface area contributed by atoms with Gasteiger partial charge in [0, 0.05) is 12.5 Å². The predicted octanol–water partition coefficient (Wildman–Crippen LogP) is 2.52. The van der Waals surface area contributed by atoms with Crippen LogP contribution in [0.4, 0.5) is 0 Å². The van der Waals surface area contributed by atoms with Crippen LogP contribution in [0.1, 0.15) is 34.1 Å². The first-order valence-corrected chi connectivity index (χ1v) is 6.94. The summed E-state index contributed by atoms with van der Waals surface area (Å²) >= 11 is 6.23. The quantitative estimate of drug-likeness (QED) is 0.482. The molecule has 1 N–H and O–H groups in total. The molecule has 0 aromatic carbocycles. The predicted molar refractivity (Wildman–Crippen MR) is 77.6 cm³/mol. The maximum absolute atomic E-state index is 12.2. The Kier molecular flexibility index (Phi) is 3.58. The van der Waals surface area contributed by atoms with Crippen molar-refractivity contribution >= 4 is 23.7 Å². The van der Waals surface area contributed by atoms with Crippen LogP contribution in [0.2, 0.25) is 0 Å². The van der Waals surface area contributed by atoms with E-state index in [1.807, 2.05) is 26.1 Å². The second-order valence-corrected chi connectivity index (χ2v) is 6.67. The Labute approximate surface area is 119 Å². The van der Waals surface area contributed by atoms with Crippen LogP contribution in [0.15, 0.2) is 28.5 Å². The van der Waals surface area contributed by atoms with Crippen LogP contribution < -0.4 is 5.32 Å². The van der Waals surface area contributed by atoms with Gasteiger partial charge in [0.2, 0.25) is 0 Å². The fraction of sp³-hybridized carbons (Fsp3) is 0.571. The maximum Gasteiger partial charge on any atom is 0.254 e. The Morgan fingerprint density at radius 1 is 1.58 bits per heavy atom. The summed E-state index contributed by atoms with van der Waals surface area (Å²) in [6.45, 7) is 8.60. The lowest BCUT2D eigenvalue weighted by molar-refractivity contribution is -0.899. The Morgan fingerprint density at radius 3 is 2.74 bits per heavy atom. The van der Waals surface area contributed by atoms with E-state index in [2.05, 4.69) is 24.3 Å². The molecule has 0 aromatic heterocycles. The Balaban J connectivity index is 2.30. The van der Waals surface area contributed by atoms with Gasteiger partial charge in [-0.15, -0.1) is 0 Å². The molecule has 0 bridgehead atoms. The number of quaternary nitrogens is 1. The highest BCUT2D eigenvalue weighted by atomic mass is 35.5. The summed E-state index contributed by atoms with van der Waals surface area (Å²) in [6, 6.07) is 0.285. The summed E-state index contributed by atoms with van der Waals surface area (Å²) in [7, 11) is 0. The van der Waals surface area contributed by atoms with E-state index in [1.54, 1.807) is 6.21 Å². The van der Waals surface area contributed by atoms with E-state index >= 15 is 0 Å². The van der Waals surface area contributed by atoms with Crippen molar-refractivity contribution < 1.29 is 9.39 Å². The van der Waals surface area contributed by atoms with E-state index in [9.17, 15) is 4.79 Å². The van der Waals surface area contributed by atoms with Gasteiger partial charge in [0.15, 0.2) is 0 Å². The first-order chi connectivity index (χ1) is 8.76. The van der Waals surface area contributed by atoms with E-state index in [0.29, 0.717) is 17.6 Å². The lowest BCUT2D eigenvalue weighted by atomic mass is 9.96. The fourth-order valence-electron chi connectivity index (χ4n) is 2.59. The van der Waals surface area contributed by atoms with E-state index in [-0.39, 0.29) is 11.9 Å². The van der Waals surface area contributed by atoms with Crippen molar-refractivity contribution in [1.82, 2.24) is 5.32 Å². The van der Waals surface area contributed by atoms with Crippen LogP contribution in [0.3, 0.4) is 0 Å². The summed E-state index contributed by atoms with van der Waals surface area (Å²) in [5, 5.41) is 7.37. The van der Waals surface area contributed by atoms with Crippen molar-refractivity contribution in [3.63, 3.8) is 0 Å². The highest BCUT2D eigenvalue weighted by molar-refractivity contribution is 6.25. The topological polar surface area (TPSA) is 41.5 Å². The monoisotopic (exact) mass is 282 g/mol. The number of alkyl halides is 1. The number of nitrogens with one attached hydrogen (secondary N) is 1. The largest absolute Gasteiger partial charge is 0.333 e. The van der Waals surface area contributed by atoms with Gasteiger partial charge >= 0.3 is 0 Å². The first-order valence-electron chi connectivity index (χ1n) is 6.57. The van der Waals surface area contributed by atoms with E-state index in [4.69, 9.17) is 11.6 Å². The molecule has 2 rings (SSSR count). The zero-order valence-corrected chi connectivity index (χ0v) is 12.7. The minimum atomic E-state index is -0.669. The van der Waals surface area contributed by atoms with Gasteiger partial charge in [0.05, 0.1) is 11.8 Å². The van der Waals surface area contributed by atoms with Crippen molar-refractivity contribution in [2.24, 2.45) is 5.10 Å². The molecule has 0 radical (unpaired) electrons. The molecule has 5 heteroatoms. The van der Waals surface area contributed by atoms with Gasteiger partial charge < -0.3 is 5.32 Å². The number of hydrogen-bond acceptors (Lipinski definition) is 2. The van der Waals surface area contributed by atoms with Crippen LogP contribution >= 0.6 is 11.6 Å². The van der Waals surface area contributed by atoms with Gasteiger partial charge in [0.25, 0.3) is 5.91 Å². The molecule has 0 aliphatic carbocycles. The van der Waals surface area contributed by atoms with Gasteiger partial charge in [0.1, 0.15) is 23.8 Å². The molecule has 2 aliphatic heterocycles. The van der Waals surface area contributed by atoms with Crippen LogP contribution in [0, 0.1) is 0 Å². The summed E-state index contributed by atoms with van der Waals surface area (Å²) < 4.78 is 0.444. The van der Waals surface area contributed by atoms with Gasteiger partial charge in [-0.1, -0.05) is 22.3 Å². The number of amides is 1. The van der Waals surface area contributed by atoms with Crippen LogP contribution in [0.5, 0.6) is 0 Å². The lowest BCUT2D eigenvalue weighted by Crippen LogP contribution is -2.51. The zero-order valence-electron chi connectivity index (χ0n) is 11.9. The average Bonchev–Trinajstić information content (AvgIpc) is 2.72. The molecule has 2 atom stereocenters. The third-order valence-electron chi connectivity index (χ3n) is 3.78. The first kappa shape index (κ1) is 14.3. The summed E-state index contributed by atoms with van der Waals surface area (Å²) in [5.41, 5.74) is 1.85. The molecule has 1 amide bonds. The summed E-state index contributed by atoms with van der Waals surface area (Å²) in [4.78, 5) is 11.6. The highest BCUT2D eigenvalue weighted by Gasteiger charge is 2.39. The Morgan fingerprint density at radius 2 is 2.26 bits per heavy atom.